The summed E-state index contributed by atoms with van der Waals surface area (Å²) in [6, 6.07) is 6.96. The van der Waals surface area contributed by atoms with Gasteiger partial charge in [0.2, 0.25) is 15.9 Å². The summed E-state index contributed by atoms with van der Waals surface area (Å²) in [5.41, 5.74) is -0.232. The molecule has 0 radical (unpaired) electrons. The maximum absolute atomic E-state index is 14.9. The van der Waals surface area contributed by atoms with Crippen LogP contribution in [0.1, 0.15) is 94.3 Å². The van der Waals surface area contributed by atoms with Crippen LogP contribution in [0.25, 0.3) is 0 Å². The summed E-state index contributed by atoms with van der Waals surface area (Å²) < 4.78 is 42.1. The number of hydrogen-bond acceptors (Lipinski definition) is 5. The number of unbranched alkanes of at least 4 members (excludes halogenated alkanes) is 9. The Morgan fingerprint density at radius 3 is 2.20 bits per heavy atom. The Morgan fingerprint density at radius 2 is 1.56 bits per heavy atom. The average Bonchev–Trinajstić information content (AvgIpc) is 3.44. The molecule has 2 amide bonds. The first-order valence-electron chi connectivity index (χ1n) is 14.5. The highest BCUT2D eigenvalue weighted by Crippen LogP contribution is 2.31. The van der Waals surface area contributed by atoms with Crippen molar-refractivity contribution < 1.29 is 27.5 Å². The maximum Gasteiger partial charge on any atom is 0.255 e. The van der Waals surface area contributed by atoms with Crippen LogP contribution in [0.3, 0.4) is 0 Å². The van der Waals surface area contributed by atoms with Crippen LogP contribution in [0, 0.1) is 5.82 Å². The molecule has 41 heavy (non-hydrogen) atoms. The molecule has 2 aromatic rings. The van der Waals surface area contributed by atoms with Crippen LogP contribution in [-0.4, -0.2) is 48.0 Å². The van der Waals surface area contributed by atoms with Gasteiger partial charge < -0.3 is 15.7 Å². The van der Waals surface area contributed by atoms with Gasteiger partial charge in [-0.3, -0.25) is 9.59 Å². The van der Waals surface area contributed by atoms with Gasteiger partial charge in [0.1, 0.15) is 17.6 Å². The van der Waals surface area contributed by atoms with E-state index in [1.807, 2.05) is 0 Å². The number of halogens is 2. The van der Waals surface area contributed by atoms with Gasteiger partial charge in [-0.1, -0.05) is 76.3 Å². The van der Waals surface area contributed by atoms with Crippen molar-refractivity contribution in [3.63, 3.8) is 0 Å². The van der Waals surface area contributed by atoms with Crippen molar-refractivity contribution >= 4 is 44.8 Å². The normalized spacial score (nSPS) is 15.6. The van der Waals surface area contributed by atoms with Crippen molar-refractivity contribution in [2.24, 2.45) is 0 Å². The fraction of sp³-hybridized carbons (Fsp3) is 0.533. The molecule has 1 heterocycles. The lowest BCUT2D eigenvalue weighted by molar-refractivity contribution is -0.119. The zero-order valence-electron chi connectivity index (χ0n) is 23.6. The number of nitrogens with zero attached hydrogens (tertiary/aromatic N) is 1. The third-order valence-corrected chi connectivity index (χ3v) is 9.53. The first-order chi connectivity index (χ1) is 19.6. The summed E-state index contributed by atoms with van der Waals surface area (Å²) in [5, 5.41) is 15.7. The maximum atomic E-state index is 14.9. The lowest BCUT2D eigenvalue weighted by Gasteiger charge is -2.23. The first-order valence-corrected chi connectivity index (χ1v) is 16.5. The van der Waals surface area contributed by atoms with E-state index in [9.17, 15) is 27.5 Å². The van der Waals surface area contributed by atoms with E-state index in [0.29, 0.717) is 24.3 Å². The molecule has 1 fully saturated rings. The van der Waals surface area contributed by atoms with E-state index in [2.05, 4.69) is 17.6 Å². The average molecular weight is 610 g/mol. The quantitative estimate of drug-likeness (QED) is 0.139. The third-order valence-electron chi connectivity index (χ3n) is 7.32. The smallest absolute Gasteiger partial charge is 0.255 e. The van der Waals surface area contributed by atoms with Crippen LogP contribution in [0.4, 0.5) is 15.8 Å². The van der Waals surface area contributed by atoms with Crippen molar-refractivity contribution in [1.82, 2.24) is 4.31 Å². The van der Waals surface area contributed by atoms with Crippen molar-refractivity contribution in [2.75, 3.05) is 22.9 Å². The topological polar surface area (TPSA) is 116 Å². The number of hydrogen-bond donors (Lipinski definition) is 3. The molecule has 0 saturated carbocycles. The van der Waals surface area contributed by atoms with Crippen LogP contribution in [-0.2, 0) is 14.8 Å². The van der Waals surface area contributed by atoms with Crippen LogP contribution in [0.5, 0.6) is 5.75 Å². The zero-order chi connectivity index (χ0) is 29.8. The Labute approximate surface area is 247 Å². The summed E-state index contributed by atoms with van der Waals surface area (Å²) in [4.78, 5) is 25.4. The third kappa shape index (κ3) is 9.97. The van der Waals surface area contributed by atoms with Crippen molar-refractivity contribution in [3.8, 4) is 5.75 Å². The molecule has 0 aromatic heterocycles. The lowest BCUT2D eigenvalue weighted by atomic mass is 10.1. The Bertz CT molecular complexity index is 1270. The Balaban J connectivity index is 1.51. The molecule has 1 aliphatic rings. The Kier molecular flexibility index (Phi) is 12.9. The molecule has 1 saturated heterocycles. The SMILES string of the molecule is CCCCCCCCCCCCS(=O)(=O)N1CCCC1C(=O)Nc1cc(O)c(NC(=O)c2ccc(Cl)cc2)cc1F. The second-order valence-electron chi connectivity index (χ2n) is 10.6. The predicted octanol–water partition coefficient (Wildman–Crippen LogP) is 7.09. The van der Waals surface area contributed by atoms with Gasteiger partial charge in [-0.05, 0) is 43.5 Å². The minimum Gasteiger partial charge on any atom is -0.506 e. The number of phenols is 1. The molecule has 3 N–H and O–H groups in total. The van der Waals surface area contributed by atoms with Gasteiger partial charge in [0.15, 0.2) is 0 Å². The molecule has 2 aromatic carbocycles. The summed E-state index contributed by atoms with van der Waals surface area (Å²) in [6.45, 7) is 2.44. The second kappa shape index (κ2) is 16.1. The molecule has 0 bridgehead atoms. The molecular formula is C30H41ClFN3O5S. The van der Waals surface area contributed by atoms with E-state index >= 15 is 0 Å². The number of anilines is 2. The lowest BCUT2D eigenvalue weighted by Crippen LogP contribution is -2.44. The molecule has 0 spiro atoms. The number of amides is 2. The monoisotopic (exact) mass is 609 g/mol. The Hall–Kier alpha value is -2.69. The summed E-state index contributed by atoms with van der Waals surface area (Å²) in [5.74, 6) is -2.61. The minimum atomic E-state index is -3.65. The highest BCUT2D eigenvalue weighted by molar-refractivity contribution is 7.89. The number of carbonyl (C=O) groups is 2. The van der Waals surface area contributed by atoms with Crippen LogP contribution in [0.15, 0.2) is 36.4 Å². The number of aromatic hydroxyl groups is 1. The van der Waals surface area contributed by atoms with E-state index in [-0.39, 0.29) is 29.2 Å². The zero-order valence-corrected chi connectivity index (χ0v) is 25.2. The molecule has 1 unspecified atom stereocenters. The fourth-order valence-corrected chi connectivity index (χ4v) is 6.92. The van der Waals surface area contributed by atoms with E-state index in [1.165, 1.54) is 67.1 Å². The first kappa shape index (κ1) is 32.8. The number of phenolic OH excluding ortho intramolecular Hbond substituents is 1. The van der Waals surface area contributed by atoms with Gasteiger partial charge in [0, 0.05) is 29.3 Å². The van der Waals surface area contributed by atoms with Gasteiger partial charge in [0.05, 0.1) is 17.1 Å². The van der Waals surface area contributed by atoms with Crippen LogP contribution >= 0.6 is 11.6 Å². The molecule has 1 aliphatic heterocycles. The number of sulfonamides is 1. The Morgan fingerprint density at radius 1 is 0.951 bits per heavy atom. The van der Waals surface area contributed by atoms with Gasteiger partial charge in [-0.2, -0.15) is 4.31 Å². The molecule has 1 atom stereocenters. The van der Waals surface area contributed by atoms with Crippen LogP contribution < -0.4 is 10.6 Å². The second-order valence-corrected chi connectivity index (χ2v) is 13.0. The number of benzene rings is 2. The number of carbonyl (C=O) groups excluding carboxylic acids is 2. The molecule has 226 valence electrons. The van der Waals surface area contributed by atoms with Gasteiger partial charge in [-0.15, -0.1) is 0 Å². The van der Waals surface area contributed by atoms with Crippen molar-refractivity contribution in [3.05, 3.63) is 52.8 Å². The minimum absolute atomic E-state index is 0.0234. The number of rotatable bonds is 16. The molecule has 8 nitrogen and oxygen atoms in total. The largest absolute Gasteiger partial charge is 0.506 e. The highest BCUT2D eigenvalue weighted by atomic mass is 35.5. The number of nitrogens with one attached hydrogen (secondary N) is 2. The van der Waals surface area contributed by atoms with Gasteiger partial charge in [-0.25, -0.2) is 12.8 Å². The standard InChI is InChI=1S/C30H41ClFN3O5S/c1-2-3-4-5-6-7-8-9-10-11-19-41(39,40)35-18-12-13-27(35)30(38)33-25-21-28(36)26(20-24(25)32)34-29(37)22-14-16-23(31)17-15-22/h14-17,20-21,27,36H,2-13,18-19H2,1H3,(H,33,38)(H,34,37). The summed E-state index contributed by atoms with van der Waals surface area (Å²) >= 11 is 5.83. The van der Waals surface area contributed by atoms with E-state index in [0.717, 1.165) is 31.4 Å². The van der Waals surface area contributed by atoms with Crippen molar-refractivity contribution in [2.45, 2.75) is 90.0 Å². The van der Waals surface area contributed by atoms with Gasteiger partial charge in [0.25, 0.3) is 5.91 Å². The fourth-order valence-electron chi connectivity index (χ4n) is 4.99. The van der Waals surface area contributed by atoms with E-state index in [1.54, 1.807) is 0 Å². The molecular weight excluding hydrogens is 569 g/mol. The van der Waals surface area contributed by atoms with Crippen LogP contribution in [0.2, 0.25) is 5.02 Å². The predicted molar refractivity (Wildman–Crippen MR) is 161 cm³/mol. The molecule has 0 aliphatic carbocycles. The van der Waals surface area contributed by atoms with Gasteiger partial charge >= 0.3 is 0 Å². The molecule has 11 heteroatoms. The van der Waals surface area contributed by atoms with E-state index < -0.39 is 39.4 Å². The van der Waals surface area contributed by atoms with Crippen molar-refractivity contribution in [1.29, 1.82) is 0 Å². The molecule has 3 rings (SSSR count). The summed E-state index contributed by atoms with van der Waals surface area (Å²) in [6.07, 6.45) is 11.8. The highest BCUT2D eigenvalue weighted by Gasteiger charge is 2.38. The summed E-state index contributed by atoms with van der Waals surface area (Å²) in [7, 11) is -3.65. The van der Waals surface area contributed by atoms with E-state index in [4.69, 9.17) is 11.6 Å².